The molecule has 106 valence electrons. The van der Waals surface area contributed by atoms with E-state index >= 15 is 0 Å². The Bertz CT molecular complexity index is 427. The van der Waals surface area contributed by atoms with Crippen molar-refractivity contribution in [3.63, 3.8) is 0 Å². The molecule has 0 radical (unpaired) electrons. The Hall–Kier alpha value is -1.06. The second kappa shape index (κ2) is 5.93. The van der Waals surface area contributed by atoms with Crippen molar-refractivity contribution in [3.8, 4) is 0 Å². The molecule has 1 amide bonds. The summed E-state index contributed by atoms with van der Waals surface area (Å²) < 4.78 is 0. The van der Waals surface area contributed by atoms with Crippen LogP contribution in [0, 0.1) is 5.41 Å². The van der Waals surface area contributed by atoms with E-state index in [1.807, 2.05) is 18.2 Å². The first-order chi connectivity index (χ1) is 8.41. The quantitative estimate of drug-likeness (QED) is 0.871. The van der Waals surface area contributed by atoms with Crippen LogP contribution in [0.2, 0.25) is 0 Å². The second-order valence-corrected chi connectivity index (χ2v) is 6.17. The molecule has 0 spiro atoms. The molecule has 0 heterocycles. The normalized spacial score (nSPS) is 16.4. The Balaban J connectivity index is 0.00000180. The van der Waals surface area contributed by atoms with Gasteiger partial charge in [0.15, 0.2) is 0 Å². The molecule has 3 nitrogen and oxygen atoms in total. The molecule has 3 N–H and O–H groups in total. The first-order valence-electron chi connectivity index (χ1n) is 6.52. The van der Waals surface area contributed by atoms with Crippen molar-refractivity contribution in [3.05, 3.63) is 35.9 Å². The van der Waals surface area contributed by atoms with Gasteiger partial charge in [0.25, 0.3) is 0 Å². The van der Waals surface area contributed by atoms with Gasteiger partial charge < -0.3 is 11.1 Å². The van der Waals surface area contributed by atoms with Crippen LogP contribution in [-0.4, -0.2) is 18.0 Å². The van der Waals surface area contributed by atoms with Gasteiger partial charge in [0, 0.05) is 6.54 Å². The summed E-state index contributed by atoms with van der Waals surface area (Å²) in [5.41, 5.74) is 6.63. The largest absolute Gasteiger partial charge is 0.354 e. The van der Waals surface area contributed by atoms with E-state index in [1.165, 1.54) is 5.56 Å². The number of nitrogens with two attached hydrogens (primary N) is 1. The van der Waals surface area contributed by atoms with Crippen molar-refractivity contribution in [2.24, 2.45) is 11.1 Å². The number of hydrogen-bond donors (Lipinski definition) is 2. The first kappa shape index (κ1) is 16.0. The Morgan fingerprint density at radius 3 is 2.42 bits per heavy atom. The lowest BCUT2D eigenvalue weighted by atomic mass is 9.85. The van der Waals surface area contributed by atoms with Crippen molar-refractivity contribution in [2.75, 3.05) is 6.54 Å². The molecule has 1 aromatic carbocycles. The maximum absolute atomic E-state index is 11.8. The van der Waals surface area contributed by atoms with Gasteiger partial charge in [-0.2, -0.15) is 0 Å². The number of amides is 1. The Morgan fingerprint density at radius 1 is 1.32 bits per heavy atom. The maximum Gasteiger partial charge on any atom is 0.240 e. The van der Waals surface area contributed by atoms with Gasteiger partial charge in [-0.1, -0.05) is 44.2 Å². The molecule has 0 unspecified atom stereocenters. The van der Waals surface area contributed by atoms with Crippen LogP contribution in [0.1, 0.15) is 32.3 Å². The van der Waals surface area contributed by atoms with Crippen LogP contribution in [0.15, 0.2) is 30.3 Å². The van der Waals surface area contributed by atoms with Crippen molar-refractivity contribution in [2.45, 2.75) is 38.6 Å². The summed E-state index contributed by atoms with van der Waals surface area (Å²) in [5.74, 6) is 0.00337. The van der Waals surface area contributed by atoms with Crippen molar-refractivity contribution >= 4 is 18.3 Å². The molecule has 0 atom stereocenters. The van der Waals surface area contributed by atoms with Crippen LogP contribution in [0.4, 0.5) is 0 Å². The molecule has 2 rings (SSSR count). The highest BCUT2D eigenvalue weighted by molar-refractivity contribution is 5.88. The molecular weight excluding hydrogens is 260 g/mol. The molecule has 19 heavy (non-hydrogen) atoms. The second-order valence-electron chi connectivity index (χ2n) is 6.17. The lowest BCUT2D eigenvalue weighted by molar-refractivity contribution is -0.123. The number of nitrogens with one attached hydrogen (secondary N) is 1. The third kappa shape index (κ3) is 4.51. The fraction of sp³-hybridized carbons (Fsp3) is 0.533. The molecular formula is C15H23ClN2O. The van der Waals surface area contributed by atoms with E-state index in [0.29, 0.717) is 6.54 Å². The Kier molecular flexibility index (Phi) is 4.99. The van der Waals surface area contributed by atoms with Gasteiger partial charge in [-0.25, -0.2) is 0 Å². The van der Waals surface area contributed by atoms with Crippen LogP contribution in [-0.2, 0) is 11.2 Å². The Morgan fingerprint density at radius 2 is 1.89 bits per heavy atom. The summed E-state index contributed by atoms with van der Waals surface area (Å²) in [4.78, 5) is 11.8. The van der Waals surface area contributed by atoms with E-state index in [9.17, 15) is 4.79 Å². The monoisotopic (exact) mass is 282 g/mol. The lowest BCUT2D eigenvalue weighted by Gasteiger charge is -2.26. The van der Waals surface area contributed by atoms with Gasteiger partial charge in [0.05, 0.1) is 5.54 Å². The Labute approximate surface area is 121 Å². The minimum Gasteiger partial charge on any atom is -0.354 e. The fourth-order valence-electron chi connectivity index (χ4n) is 2.07. The minimum absolute atomic E-state index is 0. The van der Waals surface area contributed by atoms with E-state index < -0.39 is 5.54 Å². The number of benzene rings is 1. The molecule has 0 aromatic heterocycles. The van der Waals surface area contributed by atoms with E-state index in [-0.39, 0.29) is 23.7 Å². The van der Waals surface area contributed by atoms with Crippen LogP contribution < -0.4 is 11.1 Å². The summed E-state index contributed by atoms with van der Waals surface area (Å²) in [5, 5.41) is 2.98. The summed E-state index contributed by atoms with van der Waals surface area (Å²) in [7, 11) is 0. The molecule has 1 saturated carbocycles. The highest BCUT2D eigenvalue weighted by Crippen LogP contribution is 2.32. The summed E-state index contributed by atoms with van der Waals surface area (Å²) in [6.45, 7) is 4.99. The zero-order chi connectivity index (χ0) is 13.2. The zero-order valence-electron chi connectivity index (χ0n) is 11.6. The van der Waals surface area contributed by atoms with Crippen LogP contribution in [0.3, 0.4) is 0 Å². The average Bonchev–Trinajstić information content (AvgIpc) is 3.06. The SMILES string of the molecule is CC(C)(CNC(=O)C1(N)CC1)Cc1ccccc1.Cl. The zero-order valence-corrected chi connectivity index (χ0v) is 12.4. The molecule has 1 fully saturated rings. The van der Waals surface area contributed by atoms with Crippen LogP contribution >= 0.6 is 12.4 Å². The molecule has 0 bridgehead atoms. The highest BCUT2D eigenvalue weighted by Gasteiger charge is 2.46. The van der Waals surface area contributed by atoms with Crippen molar-refractivity contribution in [1.82, 2.24) is 5.32 Å². The molecule has 0 saturated heterocycles. The topological polar surface area (TPSA) is 55.1 Å². The van der Waals surface area contributed by atoms with Gasteiger partial charge in [-0.15, -0.1) is 12.4 Å². The molecule has 1 aliphatic carbocycles. The molecule has 1 aromatic rings. The summed E-state index contributed by atoms with van der Waals surface area (Å²) >= 11 is 0. The van der Waals surface area contributed by atoms with E-state index in [0.717, 1.165) is 19.3 Å². The molecule has 0 aliphatic heterocycles. The third-order valence-corrected chi connectivity index (χ3v) is 3.49. The molecule has 1 aliphatic rings. The number of hydrogen-bond acceptors (Lipinski definition) is 2. The number of carbonyl (C=O) groups excluding carboxylic acids is 1. The van der Waals surface area contributed by atoms with Crippen LogP contribution in [0.5, 0.6) is 0 Å². The number of rotatable bonds is 5. The van der Waals surface area contributed by atoms with Gasteiger partial charge in [-0.05, 0) is 30.2 Å². The maximum atomic E-state index is 11.8. The highest BCUT2D eigenvalue weighted by atomic mass is 35.5. The van der Waals surface area contributed by atoms with Gasteiger partial charge >= 0.3 is 0 Å². The third-order valence-electron chi connectivity index (χ3n) is 3.49. The van der Waals surface area contributed by atoms with Crippen LogP contribution in [0.25, 0.3) is 0 Å². The predicted molar refractivity (Wildman–Crippen MR) is 80.3 cm³/mol. The minimum atomic E-state index is -0.567. The van der Waals surface area contributed by atoms with Crippen molar-refractivity contribution < 1.29 is 4.79 Å². The van der Waals surface area contributed by atoms with Gasteiger partial charge in [-0.3, -0.25) is 4.79 Å². The first-order valence-corrected chi connectivity index (χ1v) is 6.52. The predicted octanol–water partition coefficient (Wildman–Crippen LogP) is 2.28. The number of halogens is 1. The number of carbonyl (C=O) groups is 1. The smallest absolute Gasteiger partial charge is 0.240 e. The van der Waals surface area contributed by atoms with E-state index in [4.69, 9.17) is 5.73 Å². The lowest BCUT2D eigenvalue weighted by Crippen LogP contribution is -2.46. The fourth-order valence-corrected chi connectivity index (χ4v) is 2.07. The molecule has 4 heteroatoms. The van der Waals surface area contributed by atoms with Crippen molar-refractivity contribution in [1.29, 1.82) is 0 Å². The summed E-state index contributed by atoms with van der Waals surface area (Å²) in [6, 6.07) is 10.3. The summed E-state index contributed by atoms with van der Waals surface area (Å²) in [6.07, 6.45) is 2.58. The van der Waals surface area contributed by atoms with Gasteiger partial charge in [0.1, 0.15) is 0 Å². The standard InChI is InChI=1S/C15H22N2O.ClH/c1-14(2,10-12-6-4-3-5-7-12)11-17-13(18)15(16)8-9-15;/h3-7H,8-11,16H2,1-2H3,(H,17,18);1H. The van der Waals surface area contributed by atoms with E-state index in [2.05, 4.69) is 31.3 Å². The van der Waals surface area contributed by atoms with E-state index in [1.54, 1.807) is 0 Å². The average molecular weight is 283 g/mol. The van der Waals surface area contributed by atoms with Gasteiger partial charge in [0.2, 0.25) is 5.91 Å².